The van der Waals surface area contributed by atoms with Crippen molar-refractivity contribution >= 4 is 11.3 Å². The third-order valence-corrected chi connectivity index (χ3v) is 4.39. The Labute approximate surface area is 141 Å². The molecule has 0 bridgehead atoms. The molecule has 1 unspecified atom stereocenters. The number of aromatic nitrogens is 1. The monoisotopic (exact) mass is 324 g/mol. The smallest absolute Gasteiger partial charge is 0.130 e. The lowest BCUT2D eigenvalue weighted by Crippen LogP contribution is -2.17. The van der Waals surface area contributed by atoms with Crippen LogP contribution >= 0.6 is 11.3 Å². The molecule has 3 nitrogen and oxygen atoms in total. The molecule has 2 aromatic heterocycles. The maximum atomic E-state index is 5.75. The van der Waals surface area contributed by atoms with Gasteiger partial charge in [-0.15, -0.1) is 0 Å². The van der Waals surface area contributed by atoms with Gasteiger partial charge in [0.15, 0.2) is 0 Å². The Morgan fingerprint density at radius 3 is 2.70 bits per heavy atom. The van der Waals surface area contributed by atoms with Crippen LogP contribution in [0.15, 0.2) is 65.5 Å². The first kappa shape index (κ1) is 15.7. The first-order valence-electron chi connectivity index (χ1n) is 7.68. The number of nitrogens with zero attached hydrogens (tertiary/aromatic N) is 1. The second kappa shape index (κ2) is 7.90. The SMILES string of the molecule is CC(NCc1ccc(OCc2ccccn2)cc1)c1ccsc1. The average Bonchev–Trinajstić information content (AvgIpc) is 3.14. The van der Waals surface area contributed by atoms with E-state index in [-0.39, 0.29) is 0 Å². The van der Waals surface area contributed by atoms with E-state index >= 15 is 0 Å². The Hall–Kier alpha value is -2.17. The van der Waals surface area contributed by atoms with Gasteiger partial charge in [0.05, 0.1) is 5.69 Å². The lowest BCUT2D eigenvalue weighted by atomic mass is 10.1. The number of nitrogens with one attached hydrogen (secondary N) is 1. The number of ether oxygens (including phenoxy) is 1. The van der Waals surface area contributed by atoms with E-state index in [0.29, 0.717) is 12.6 Å². The van der Waals surface area contributed by atoms with Gasteiger partial charge in [-0.3, -0.25) is 4.98 Å². The van der Waals surface area contributed by atoms with Gasteiger partial charge in [0.25, 0.3) is 0 Å². The third-order valence-electron chi connectivity index (χ3n) is 3.69. The second-order valence-corrected chi connectivity index (χ2v) is 6.19. The van der Waals surface area contributed by atoms with Crippen LogP contribution in [0.2, 0.25) is 0 Å². The van der Waals surface area contributed by atoms with Gasteiger partial charge in [-0.05, 0) is 59.1 Å². The van der Waals surface area contributed by atoms with Crippen molar-refractivity contribution in [3.8, 4) is 5.75 Å². The van der Waals surface area contributed by atoms with E-state index in [1.54, 1.807) is 17.5 Å². The average molecular weight is 324 g/mol. The molecule has 4 heteroatoms. The Morgan fingerprint density at radius 2 is 2.00 bits per heavy atom. The van der Waals surface area contributed by atoms with E-state index in [4.69, 9.17) is 4.74 Å². The molecule has 1 atom stereocenters. The fraction of sp³-hybridized carbons (Fsp3) is 0.211. The first-order chi connectivity index (χ1) is 11.3. The molecule has 0 aliphatic carbocycles. The van der Waals surface area contributed by atoms with Gasteiger partial charge < -0.3 is 10.1 Å². The number of hydrogen-bond donors (Lipinski definition) is 1. The Morgan fingerprint density at radius 1 is 1.13 bits per heavy atom. The van der Waals surface area contributed by atoms with Gasteiger partial charge in [-0.25, -0.2) is 0 Å². The highest BCUT2D eigenvalue weighted by Crippen LogP contribution is 2.17. The van der Waals surface area contributed by atoms with Gasteiger partial charge in [0.1, 0.15) is 12.4 Å². The van der Waals surface area contributed by atoms with Crippen LogP contribution in [0.5, 0.6) is 5.75 Å². The molecule has 0 saturated carbocycles. The summed E-state index contributed by atoms with van der Waals surface area (Å²) in [5.74, 6) is 0.866. The van der Waals surface area contributed by atoms with Crippen molar-refractivity contribution in [1.29, 1.82) is 0 Å². The molecule has 0 amide bonds. The summed E-state index contributed by atoms with van der Waals surface area (Å²) < 4.78 is 5.75. The fourth-order valence-electron chi connectivity index (χ4n) is 2.25. The minimum Gasteiger partial charge on any atom is -0.487 e. The third kappa shape index (κ3) is 4.65. The quantitative estimate of drug-likeness (QED) is 0.691. The highest BCUT2D eigenvalue weighted by molar-refractivity contribution is 7.07. The van der Waals surface area contributed by atoms with Crippen LogP contribution in [0.1, 0.15) is 29.8 Å². The summed E-state index contributed by atoms with van der Waals surface area (Å²) >= 11 is 1.73. The van der Waals surface area contributed by atoms with Crippen molar-refractivity contribution in [2.24, 2.45) is 0 Å². The van der Waals surface area contributed by atoms with E-state index in [2.05, 4.69) is 46.2 Å². The zero-order valence-electron chi connectivity index (χ0n) is 13.1. The van der Waals surface area contributed by atoms with Crippen LogP contribution in [0.3, 0.4) is 0 Å². The van der Waals surface area contributed by atoms with Crippen molar-refractivity contribution in [1.82, 2.24) is 10.3 Å². The molecule has 118 valence electrons. The molecule has 3 aromatic rings. The summed E-state index contributed by atoms with van der Waals surface area (Å²) in [6, 6.07) is 16.6. The molecule has 23 heavy (non-hydrogen) atoms. The Kier molecular flexibility index (Phi) is 5.40. The summed E-state index contributed by atoms with van der Waals surface area (Å²) in [7, 11) is 0. The topological polar surface area (TPSA) is 34.1 Å². The lowest BCUT2D eigenvalue weighted by molar-refractivity contribution is 0.301. The predicted octanol–water partition coefficient (Wildman–Crippen LogP) is 4.57. The Bertz CT molecular complexity index is 696. The molecule has 0 saturated heterocycles. The molecule has 1 aromatic carbocycles. The minimum atomic E-state index is 0.362. The van der Waals surface area contributed by atoms with Crippen LogP contribution in [0.4, 0.5) is 0 Å². The van der Waals surface area contributed by atoms with Crippen molar-refractivity contribution in [2.75, 3.05) is 0 Å². The van der Waals surface area contributed by atoms with Gasteiger partial charge in [0, 0.05) is 18.8 Å². The van der Waals surface area contributed by atoms with Crippen molar-refractivity contribution in [2.45, 2.75) is 26.1 Å². The largest absolute Gasteiger partial charge is 0.487 e. The molecular formula is C19H20N2OS. The van der Waals surface area contributed by atoms with Crippen molar-refractivity contribution in [3.05, 3.63) is 82.3 Å². The van der Waals surface area contributed by atoms with Crippen molar-refractivity contribution in [3.63, 3.8) is 0 Å². The summed E-state index contributed by atoms with van der Waals surface area (Å²) in [6.45, 7) is 3.53. The van der Waals surface area contributed by atoms with Crippen molar-refractivity contribution < 1.29 is 4.74 Å². The van der Waals surface area contributed by atoms with E-state index < -0.39 is 0 Å². The van der Waals surface area contributed by atoms with Crippen LogP contribution in [-0.4, -0.2) is 4.98 Å². The highest BCUT2D eigenvalue weighted by Gasteiger charge is 2.05. The lowest BCUT2D eigenvalue weighted by Gasteiger charge is -2.13. The van der Waals surface area contributed by atoms with Gasteiger partial charge in [0.2, 0.25) is 0 Å². The molecule has 2 heterocycles. The number of thiophene rings is 1. The van der Waals surface area contributed by atoms with Gasteiger partial charge >= 0.3 is 0 Å². The van der Waals surface area contributed by atoms with Crippen LogP contribution in [0, 0.1) is 0 Å². The van der Waals surface area contributed by atoms with E-state index in [9.17, 15) is 0 Å². The van der Waals surface area contributed by atoms with Gasteiger partial charge in [-0.2, -0.15) is 11.3 Å². The number of hydrogen-bond acceptors (Lipinski definition) is 4. The first-order valence-corrected chi connectivity index (χ1v) is 8.62. The molecule has 0 aliphatic heterocycles. The molecule has 0 fully saturated rings. The van der Waals surface area contributed by atoms with Crippen LogP contribution in [0.25, 0.3) is 0 Å². The predicted molar refractivity (Wildman–Crippen MR) is 94.6 cm³/mol. The number of benzene rings is 1. The van der Waals surface area contributed by atoms with Crippen LogP contribution < -0.4 is 10.1 Å². The maximum absolute atomic E-state index is 5.75. The molecular weight excluding hydrogens is 304 g/mol. The minimum absolute atomic E-state index is 0.362. The molecule has 0 spiro atoms. The second-order valence-electron chi connectivity index (χ2n) is 5.41. The summed E-state index contributed by atoms with van der Waals surface area (Å²) in [5, 5.41) is 7.83. The molecule has 0 aliphatic rings. The standard InChI is InChI=1S/C19H20N2OS/c1-15(17-9-11-23-14-17)21-12-16-5-7-19(8-6-16)22-13-18-4-2-3-10-20-18/h2-11,14-15,21H,12-13H2,1H3. The number of rotatable bonds is 7. The zero-order chi connectivity index (χ0) is 15.9. The maximum Gasteiger partial charge on any atom is 0.130 e. The summed E-state index contributed by atoms with van der Waals surface area (Å²) in [4.78, 5) is 4.25. The fourth-order valence-corrected chi connectivity index (χ4v) is 3.01. The summed E-state index contributed by atoms with van der Waals surface area (Å²) in [5.41, 5.74) is 3.52. The Balaban J connectivity index is 1.49. The van der Waals surface area contributed by atoms with Gasteiger partial charge in [-0.1, -0.05) is 18.2 Å². The molecule has 3 rings (SSSR count). The van der Waals surface area contributed by atoms with E-state index in [1.807, 2.05) is 30.3 Å². The van der Waals surface area contributed by atoms with E-state index in [1.165, 1.54) is 11.1 Å². The summed E-state index contributed by atoms with van der Waals surface area (Å²) in [6.07, 6.45) is 1.78. The van der Waals surface area contributed by atoms with Crippen LogP contribution in [-0.2, 0) is 13.2 Å². The molecule has 0 radical (unpaired) electrons. The van der Waals surface area contributed by atoms with E-state index in [0.717, 1.165) is 18.0 Å². The zero-order valence-corrected chi connectivity index (χ0v) is 13.9. The molecule has 1 N–H and O–H groups in total. The normalized spacial score (nSPS) is 12.0. The highest BCUT2D eigenvalue weighted by atomic mass is 32.1. The number of pyridine rings is 1.